The van der Waals surface area contributed by atoms with Gasteiger partial charge in [-0.2, -0.15) is 0 Å². The van der Waals surface area contributed by atoms with Crippen molar-refractivity contribution in [1.82, 2.24) is 0 Å². The summed E-state index contributed by atoms with van der Waals surface area (Å²) < 4.78 is 0. The van der Waals surface area contributed by atoms with Crippen molar-refractivity contribution in [3.05, 3.63) is 24.4 Å². The molecule has 0 saturated carbocycles. The van der Waals surface area contributed by atoms with Crippen LogP contribution in [0.2, 0.25) is 0 Å². The highest BCUT2D eigenvalue weighted by Gasteiger charge is 2.12. The molecule has 2 aliphatic rings. The summed E-state index contributed by atoms with van der Waals surface area (Å²) in [5.74, 6) is 0. The zero-order valence-corrected chi connectivity index (χ0v) is 4.86. The second-order valence-electron chi connectivity index (χ2n) is 2.00. The summed E-state index contributed by atoms with van der Waals surface area (Å²) in [4.78, 5) is 8.26. The molecule has 0 saturated heterocycles. The highest BCUT2D eigenvalue weighted by molar-refractivity contribution is 6.07. The third-order valence-electron chi connectivity index (χ3n) is 1.39. The van der Waals surface area contributed by atoms with E-state index in [-0.39, 0.29) is 6.04 Å². The smallest absolute Gasteiger partial charge is 0.112 e. The minimum atomic E-state index is 0.218. The maximum Gasteiger partial charge on any atom is 0.112 e. The summed E-state index contributed by atoms with van der Waals surface area (Å²) in [7, 11) is 0. The van der Waals surface area contributed by atoms with Crippen LogP contribution in [0.15, 0.2) is 34.4 Å². The predicted molar refractivity (Wildman–Crippen MR) is 38.0 cm³/mol. The molecule has 2 rings (SSSR count). The fourth-order valence-electron chi connectivity index (χ4n) is 0.937. The first-order chi connectivity index (χ1) is 4.47. The molecule has 1 atom stereocenters. The van der Waals surface area contributed by atoms with Crippen LogP contribution in [-0.2, 0) is 0 Å². The summed E-state index contributed by atoms with van der Waals surface area (Å²) in [5, 5.41) is 0. The quantitative estimate of drug-likeness (QED) is 0.452. The molecular weight excluding hydrogens is 112 g/mol. The lowest BCUT2D eigenvalue weighted by Crippen LogP contribution is -2.12. The number of hydrogen-bond donors (Lipinski definition) is 0. The number of hydrogen-bond acceptors (Lipinski definition) is 2. The van der Waals surface area contributed by atoms with Crippen molar-refractivity contribution in [1.29, 1.82) is 0 Å². The van der Waals surface area contributed by atoms with E-state index in [4.69, 9.17) is 0 Å². The third kappa shape index (κ3) is 0.633. The number of rotatable bonds is 0. The summed E-state index contributed by atoms with van der Waals surface area (Å²) in [5.41, 5.74) is 1.05. The summed E-state index contributed by atoms with van der Waals surface area (Å²) in [6.45, 7) is 0. The van der Waals surface area contributed by atoms with Gasteiger partial charge in [-0.25, -0.2) is 0 Å². The second-order valence-corrected chi connectivity index (χ2v) is 2.00. The van der Waals surface area contributed by atoms with Crippen molar-refractivity contribution in [2.45, 2.75) is 6.04 Å². The van der Waals surface area contributed by atoms with Crippen LogP contribution < -0.4 is 0 Å². The van der Waals surface area contributed by atoms with Gasteiger partial charge in [-0.1, -0.05) is 0 Å². The predicted octanol–water partition coefficient (Wildman–Crippen LogP) is 0.964. The minimum Gasteiger partial charge on any atom is -0.279 e. The highest BCUT2D eigenvalue weighted by Crippen LogP contribution is 2.09. The number of allylic oxidation sites excluding steroid dienone is 1. The molecule has 0 radical (unpaired) electrons. The molecule has 0 fully saturated rings. The average molecular weight is 118 g/mol. The Morgan fingerprint density at radius 1 is 1.44 bits per heavy atom. The molecule has 9 heavy (non-hydrogen) atoms. The van der Waals surface area contributed by atoms with E-state index in [1.807, 2.05) is 18.2 Å². The van der Waals surface area contributed by atoms with Crippen LogP contribution >= 0.6 is 0 Å². The first-order valence-electron chi connectivity index (χ1n) is 2.91. The van der Waals surface area contributed by atoms with Gasteiger partial charge < -0.3 is 0 Å². The van der Waals surface area contributed by atoms with Crippen LogP contribution in [0, 0.1) is 0 Å². The Kier molecular flexibility index (Phi) is 0.859. The molecule has 44 valence electrons. The van der Waals surface area contributed by atoms with Crippen molar-refractivity contribution < 1.29 is 0 Å². The van der Waals surface area contributed by atoms with Gasteiger partial charge in [-0.15, -0.1) is 0 Å². The van der Waals surface area contributed by atoms with Crippen LogP contribution in [0.1, 0.15) is 0 Å². The Labute approximate surface area is 53.3 Å². The van der Waals surface area contributed by atoms with Gasteiger partial charge in [0, 0.05) is 12.4 Å². The Morgan fingerprint density at radius 2 is 2.44 bits per heavy atom. The van der Waals surface area contributed by atoms with Crippen LogP contribution in [0.25, 0.3) is 0 Å². The second kappa shape index (κ2) is 1.65. The number of dihydropyridines is 1. The van der Waals surface area contributed by atoms with Gasteiger partial charge in [0.2, 0.25) is 0 Å². The Balaban J connectivity index is 2.40. The molecule has 0 bridgehead atoms. The van der Waals surface area contributed by atoms with Crippen molar-refractivity contribution in [2.24, 2.45) is 9.98 Å². The molecule has 0 N–H and O–H groups in total. The molecule has 2 aliphatic heterocycles. The van der Waals surface area contributed by atoms with Gasteiger partial charge in [-0.05, 0) is 18.2 Å². The zero-order chi connectivity index (χ0) is 6.10. The number of nitrogens with zero attached hydrogens (tertiary/aromatic N) is 2. The molecule has 2 heteroatoms. The van der Waals surface area contributed by atoms with E-state index >= 15 is 0 Å². The van der Waals surface area contributed by atoms with Crippen LogP contribution in [0.5, 0.6) is 0 Å². The van der Waals surface area contributed by atoms with Crippen LogP contribution in [0.4, 0.5) is 0 Å². The fourth-order valence-corrected chi connectivity index (χ4v) is 0.937. The van der Waals surface area contributed by atoms with Gasteiger partial charge >= 0.3 is 0 Å². The molecule has 0 unspecified atom stereocenters. The molecule has 0 spiro atoms. The highest BCUT2D eigenvalue weighted by atomic mass is 14.9. The van der Waals surface area contributed by atoms with Crippen molar-refractivity contribution in [3.8, 4) is 0 Å². The number of aliphatic imine (C=N–C) groups is 2. The van der Waals surface area contributed by atoms with E-state index in [9.17, 15) is 0 Å². The van der Waals surface area contributed by atoms with Gasteiger partial charge in [-0.3, -0.25) is 9.98 Å². The molecule has 2 heterocycles. The first kappa shape index (κ1) is 4.68. The van der Waals surface area contributed by atoms with Crippen molar-refractivity contribution in [3.63, 3.8) is 0 Å². The maximum absolute atomic E-state index is 4.16. The van der Waals surface area contributed by atoms with E-state index < -0.39 is 0 Å². The lowest BCUT2D eigenvalue weighted by molar-refractivity contribution is 1.11. The monoisotopic (exact) mass is 118 g/mol. The van der Waals surface area contributed by atoms with E-state index in [2.05, 4.69) is 9.98 Å². The average Bonchev–Trinajstić information content (AvgIpc) is 2.33. The standard InChI is InChI=1S/C7H6N2/c1-2-6-7(8-4-1)3-5-9-6/h1-5,7H/t7-/m1/s1. The van der Waals surface area contributed by atoms with E-state index in [1.165, 1.54) is 0 Å². The Hall–Kier alpha value is -1.18. The SMILES string of the molecule is C1=CC2=NC=C[C@H]2N=C1. The van der Waals surface area contributed by atoms with Gasteiger partial charge in [0.05, 0.1) is 5.71 Å². The Bertz CT molecular complexity index is 233. The fraction of sp³-hybridized carbons (Fsp3) is 0.143. The van der Waals surface area contributed by atoms with Crippen LogP contribution in [0.3, 0.4) is 0 Å². The molecule has 0 aliphatic carbocycles. The van der Waals surface area contributed by atoms with Gasteiger partial charge in [0.15, 0.2) is 0 Å². The van der Waals surface area contributed by atoms with Crippen molar-refractivity contribution >= 4 is 11.9 Å². The van der Waals surface area contributed by atoms with E-state index in [0.29, 0.717) is 0 Å². The van der Waals surface area contributed by atoms with Gasteiger partial charge in [0.25, 0.3) is 0 Å². The third-order valence-corrected chi connectivity index (χ3v) is 1.39. The summed E-state index contributed by atoms with van der Waals surface area (Å²) in [6.07, 6.45) is 9.47. The largest absolute Gasteiger partial charge is 0.279 e. The molecule has 0 aromatic heterocycles. The van der Waals surface area contributed by atoms with Crippen molar-refractivity contribution in [2.75, 3.05) is 0 Å². The molecule has 0 aromatic rings. The summed E-state index contributed by atoms with van der Waals surface area (Å²) in [6, 6.07) is 0.218. The molecular formula is C7H6N2. The number of fused-ring (bicyclic) bond motifs is 1. The Morgan fingerprint density at radius 3 is 3.33 bits per heavy atom. The van der Waals surface area contributed by atoms with Gasteiger partial charge in [0.1, 0.15) is 6.04 Å². The molecule has 0 aromatic carbocycles. The molecule has 2 nitrogen and oxygen atoms in total. The van der Waals surface area contributed by atoms with Crippen LogP contribution in [-0.4, -0.2) is 18.0 Å². The lowest BCUT2D eigenvalue weighted by atomic mass is 10.1. The normalized spacial score (nSPS) is 28.4. The topological polar surface area (TPSA) is 24.7 Å². The minimum absolute atomic E-state index is 0.218. The van der Waals surface area contributed by atoms with E-state index in [0.717, 1.165) is 5.71 Å². The van der Waals surface area contributed by atoms with E-state index in [1.54, 1.807) is 12.4 Å². The molecule has 0 amide bonds. The zero-order valence-electron chi connectivity index (χ0n) is 4.86. The lowest BCUT2D eigenvalue weighted by Gasteiger charge is -2.03. The maximum atomic E-state index is 4.16. The first-order valence-corrected chi connectivity index (χ1v) is 2.91. The summed E-state index contributed by atoms with van der Waals surface area (Å²) >= 11 is 0.